The number of piperidine rings is 1. The number of hydrogen-bond donors (Lipinski definition) is 2. The number of rotatable bonds is 4. The third-order valence-electron chi connectivity index (χ3n) is 6.18. The van der Waals surface area contributed by atoms with Crippen LogP contribution in [0, 0.1) is 5.92 Å². The van der Waals surface area contributed by atoms with Crippen molar-refractivity contribution in [2.75, 3.05) is 43.8 Å². The number of carbonyl (C=O) groups is 1. The number of aromatic nitrogens is 5. The zero-order valence-electron chi connectivity index (χ0n) is 19.8. The maximum absolute atomic E-state index is 12.4. The van der Waals surface area contributed by atoms with Crippen molar-refractivity contribution in [3.8, 4) is 11.6 Å². The minimum absolute atomic E-state index is 0.208. The van der Waals surface area contributed by atoms with Gasteiger partial charge in [-0.05, 0) is 51.7 Å². The highest BCUT2D eigenvalue weighted by molar-refractivity contribution is 5.68. The SMILES string of the molecule is CC(C)(C)OC(=O)N1CCN2C[C@H](CNc3nc(N)n4nc(-c5ccco5)nc4n3)CC[C@H]2C1. The van der Waals surface area contributed by atoms with Crippen LogP contribution >= 0.6 is 0 Å². The van der Waals surface area contributed by atoms with Crippen molar-refractivity contribution in [2.24, 2.45) is 5.92 Å². The summed E-state index contributed by atoms with van der Waals surface area (Å²) in [5, 5.41) is 7.64. The summed E-state index contributed by atoms with van der Waals surface area (Å²) in [6.45, 7) is 9.65. The molecule has 0 spiro atoms. The lowest BCUT2D eigenvalue weighted by molar-refractivity contribution is -0.00791. The Bertz CT molecular complexity index is 1150. The number of ether oxygens (including phenoxy) is 1. The lowest BCUT2D eigenvalue weighted by Gasteiger charge is -2.46. The molecule has 0 unspecified atom stereocenters. The van der Waals surface area contributed by atoms with Crippen LogP contribution in [0.15, 0.2) is 22.8 Å². The molecule has 0 radical (unpaired) electrons. The number of piperazine rings is 1. The van der Waals surface area contributed by atoms with Crippen LogP contribution in [0.1, 0.15) is 33.6 Å². The van der Waals surface area contributed by atoms with Gasteiger partial charge in [0.05, 0.1) is 6.26 Å². The average Bonchev–Trinajstić information content (AvgIpc) is 3.46. The number of carbonyl (C=O) groups excluding carboxylic acids is 1. The quantitative estimate of drug-likeness (QED) is 0.584. The van der Waals surface area contributed by atoms with Crippen LogP contribution in [-0.4, -0.2) is 84.8 Å². The first-order valence-electron chi connectivity index (χ1n) is 11.7. The van der Waals surface area contributed by atoms with Gasteiger partial charge in [-0.15, -0.1) is 5.10 Å². The fourth-order valence-corrected chi connectivity index (χ4v) is 4.55. The molecule has 2 saturated heterocycles. The van der Waals surface area contributed by atoms with E-state index in [0.29, 0.717) is 41.8 Å². The van der Waals surface area contributed by atoms with E-state index < -0.39 is 5.60 Å². The molecule has 0 aromatic carbocycles. The Morgan fingerprint density at radius 3 is 2.85 bits per heavy atom. The Hall–Kier alpha value is -3.41. The predicted octanol–water partition coefficient (Wildman–Crippen LogP) is 2.10. The average molecular weight is 470 g/mol. The van der Waals surface area contributed by atoms with Crippen LogP contribution in [0.2, 0.25) is 0 Å². The van der Waals surface area contributed by atoms with Gasteiger partial charge < -0.3 is 25.1 Å². The van der Waals surface area contributed by atoms with E-state index in [1.54, 1.807) is 18.4 Å². The van der Waals surface area contributed by atoms with Crippen molar-refractivity contribution in [3.05, 3.63) is 18.4 Å². The second-order valence-corrected chi connectivity index (χ2v) is 9.93. The summed E-state index contributed by atoms with van der Waals surface area (Å²) in [5.74, 6) is 2.40. The molecular formula is C22H31N9O3. The first kappa shape index (κ1) is 22.4. The van der Waals surface area contributed by atoms with Gasteiger partial charge in [-0.2, -0.15) is 19.5 Å². The summed E-state index contributed by atoms with van der Waals surface area (Å²) in [4.78, 5) is 30.0. The lowest BCUT2D eigenvalue weighted by Crippen LogP contribution is -2.58. The molecule has 2 aliphatic heterocycles. The minimum atomic E-state index is -0.473. The van der Waals surface area contributed by atoms with Gasteiger partial charge in [0, 0.05) is 38.8 Å². The number of amides is 1. The topological polar surface area (TPSA) is 140 Å². The van der Waals surface area contributed by atoms with E-state index in [0.717, 1.165) is 39.0 Å². The van der Waals surface area contributed by atoms with E-state index in [-0.39, 0.29) is 12.0 Å². The van der Waals surface area contributed by atoms with Crippen molar-refractivity contribution < 1.29 is 13.9 Å². The number of anilines is 2. The van der Waals surface area contributed by atoms with Crippen molar-refractivity contribution >= 4 is 23.8 Å². The van der Waals surface area contributed by atoms with Gasteiger partial charge in [0.2, 0.25) is 17.7 Å². The van der Waals surface area contributed by atoms with E-state index in [4.69, 9.17) is 14.9 Å². The van der Waals surface area contributed by atoms with Gasteiger partial charge in [-0.25, -0.2) is 4.79 Å². The van der Waals surface area contributed by atoms with Crippen LogP contribution < -0.4 is 11.1 Å². The number of fused-ring (bicyclic) bond motifs is 2. The van der Waals surface area contributed by atoms with E-state index >= 15 is 0 Å². The second-order valence-electron chi connectivity index (χ2n) is 9.93. The molecule has 1 amide bonds. The molecule has 0 saturated carbocycles. The summed E-state index contributed by atoms with van der Waals surface area (Å²) in [6.07, 6.45) is 3.44. The van der Waals surface area contributed by atoms with Gasteiger partial charge in [0.25, 0.3) is 5.78 Å². The molecule has 2 aliphatic rings. The first-order chi connectivity index (χ1) is 16.2. The van der Waals surface area contributed by atoms with Crippen molar-refractivity contribution in [1.29, 1.82) is 0 Å². The third-order valence-corrected chi connectivity index (χ3v) is 6.18. The molecule has 2 atom stereocenters. The zero-order valence-corrected chi connectivity index (χ0v) is 19.8. The number of nitrogens with two attached hydrogens (primary N) is 1. The number of nitrogens with zero attached hydrogens (tertiary/aromatic N) is 7. The number of nitrogen functional groups attached to an aromatic ring is 1. The van der Waals surface area contributed by atoms with E-state index in [1.807, 2.05) is 25.7 Å². The number of nitrogens with one attached hydrogen (secondary N) is 1. The van der Waals surface area contributed by atoms with Crippen LogP contribution in [0.5, 0.6) is 0 Å². The molecule has 3 N–H and O–H groups in total. The summed E-state index contributed by atoms with van der Waals surface area (Å²) >= 11 is 0. The van der Waals surface area contributed by atoms with Crippen LogP contribution in [0.25, 0.3) is 17.4 Å². The highest BCUT2D eigenvalue weighted by Crippen LogP contribution is 2.26. The van der Waals surface area contributed by atoms with Gasteiger partial charge in [0.1, 0.15) is 5.60 Å². The largest absolute Gasteiger partial charge is 0.461 e. The van der Waals surface area contributed by atoms with Crippen molar-refractivity contribution in [3.63, 3.8) is 0 Å². The third kappa shape index (κ3) is 4.76. The highest BCUT2D eigenvalue weighted by atomic mass is 16.6. The first-order valence-corrected chi connectivity index (χ1v) is 11.7. The molecule has 5 rings (SSSR count). The van der Waals surface area contributed by atoms with Gasteiger partial charge in [-0.3, -0.25) is 4.90 Å². The highest BCUT2D eigenvalue weighted by Gasteiger charge is 2.35. The number of furan rings is 1. The standard InChI is InChI=1S/C22H31N9O3/c1-22(2,3)34-21(32)30-9-8-29-12-14(6-7-15(29)13-30)11-24-19-26-18(23)31-20(27-19)25-17(28-31)16-5-4-10-33-16/h4-5,10,14-15H,6-9,11-13H2,1-3H3,(H3,23,24,25,26,27,28)/t14-,15-/m0/s1. The van der Waals surface area contributed by atoms with Gasteiger partial charge >= 0.3 is 6.09 Å². The molecule has 34 heavy (non-hydrogen) atoms. The smallest absolute Gasteiger partial charge is 0.410 e. The van der Waals surface area contributed by atoms with E-state index in [9.17, 15) is 4.79 Å². The molecule has 12 nitrogen and oxygen atoms in total. The summed E-state index contributed by atoms with van der Waals surface area (Å²) in [7, 11) is 0. The van der Waals surface area contributed by atoms with Crippen molar-refractivity contribution in [1.82, 2.24) is 34.4 Å². The van der Waals surface area contributed by atoms with Crippen molar-refractivity contribution in [2.45, 2.75) is 45.3 Å². The summed E-state index contributed by atoms with van der Waals surface area (Å²) in [5.41, 5.74) is 5.61. The molecule has 3 aromatic heterocycles. The predicted molar refractivity (Wildman–Crippen MR) is 125 cm³/mol. The lowest BCUT2D eigenvalue weighted by atomic mass is 9.91. The Kier molecular flexibility index (Phi) is 5.76. The Morgan fingerprint density at radius 2 is 2.09 bits per heavy atom. The van der Waals surface area contributed by atoms with Gasteiger partial charge in [0.15, 0.2) is 5.76 Å². The molecule has 0 bridgehead atoms. The maximum atomic E-state index is 12.4. The molecule has 5 heterocycles. The molecule has 3 aromatic rings. The van der Waals surface area contributed by atoms with Crippen LogP contribution in [-0.2, 0) is 4.74 Å². The van der Waals surface area contributed by atoms with Crippen LogP contribution in [0.4, 0.5) is 16.7 Å². The fourth-order valence-electron chi connectivity index (χ4n) is 4.55. The Balaban J connectivity index is 1.17. The molecule has 182 valence electrons. The maximum Gasteiger partial charge on any atom is 0.410 e. The fraction of sp³-hybridized carbons (Fsp3) is 0.591. The molecular weight excluding hydrogens is 438 g/mol. The van der Waals surface area contributed by atoms with E-state index in [1.165, 1.54) is 4.52 Å². The Labute approximate surface area is 197 Å². The zero-order chi connectivity index (χ0) is 23.9. The normalized spacial score (nSPS) is 21.4. The second kappa shape index (κ2) is 8.75. The summed E-state index contributed by atoms with van der Waals surface area (Å²) < 4.78 is 12.3. The van der Waals surface area contributed by atoms with Crippen LogP contribution in [0.3, 0.4) is 0 Å². The van der Waals surface area contributed by atoms with E-state index in [2.05, 4.69) is 30.3 Å². The molecule has 12 heteroatoms. The summed E-state index contributed by atoms with van der Waals surface area (Å²) in [6, 6.07) is 3.92. The number of hydrogen-bond acceptors (Lipinski definition) is 10. The molecule has 2 fully saturated rings. The minimum Gasteiger partial charge on any atom is -0.461 e. The van der Waals surface area contributed by atoms with Gasteiger partial charge in [-0.1, -0.05) is 0 Å². The monoisotopic (exact) mass is 469 g/mol. The Morgan fingerprint density at radius 1 is 1.24 bits per heavy atom. The molecule has 0 aliphatic carbocycles.